The van der Waals surface area contributed by atoms with Crippen LogP contribution in [0.4, 0.5) is 0 Å². The average molecular weight is 402 g/mol. The molecule has 0 spiro atoms. The first kappa shape index (κ1) is 24.4. The van der Waals surface area contributed by atoms with E-state index in [-0.39, 0.29) is 44.7 Å². The van der Waals surface area contributed by atoms with E-state index in [1.54, 1.807) is 6.92 Å². The van der Waals surface area contributed by atoms with Crippen molar-refractivity contribution in [3.63, 3.8) is 0 Å². The highest BCUT2D eigenvalue weighted by Gasteiger charge is 2.32. The monoisotopic (exact) mass is 402 g/mol. The molecule has 1 rings (SSSR count). The molecule has 0 radical (unpaired) electrons. The van der Waals surface area contributed by atoms with E-state index in [9.17, 15) is 14.4 Å². The lowest BCUT2D eigenvalue weighted by Gasteiger charge is -2.22. The molecule has 1 heterocycles. The van der Waals surface area contributed by atoms with E-state index in [1.165, 1.54) is 0 Å². The van der Waals surface area contributed by atoms with Gasteiger partial charge in [0.2, 0.25) is 0 Å². The Morgan fingerprint density at radius 2 is 1.64 bits per heavy atom. The van der Waals surface area contributed by atoms with Gasteiger partial charge < -0.3 is 24.1 Å². The van der Waals surface area contributed by atoms with Crippen molar-refractivity contribution in [1.82, 2.24) is 0 Å². The standard InChI is InChI=1S/C20H34O8/c1-4-6-8-25-19(23)15(5-2)11-16(20(24)26-9-7-21)10-14(3)18(22)28-13-17-12-27-17/h14-17,21H,4-13H2,1-3H3. The summed E-state index contributed by atoms with van der Waals surface area (Å²) in [4.78, 5) is 36.9. The molecule has 28 heavy (non-hydrogen) atoms. The smallest absolute Gasteiger partial charge is 0.309 e. The fourth-order valence-electron chi connectivity index (χ4n) is 2.77. The molecule has 0 aromatic rings. The summed E-state index contributed by atoms with van der Waals surface area (Å²) < 4.78 is 20.5. The largest absolute Gasteiger partial charge is 0.465 e. The number of aliphatic hydroxyl groups excluding tert-OH is 1. The second kappa shape index (κ2) is 13.5. The summed E-state index contributed by atoms with van der Waals surface area (Å²) >= 11 is 0. The predicted molar refractivity (Wildman–Crippen MR) is 100 cm³/mol. The zero-order valence-electron chi connectivity index (χ0n) is 17.2. The van der Waals surface area contributed by atoms with Gasteiger partial charge in [0.1, 0.15) is 19.3 Å². The summed E-state index contributed by atoms with van der Waals surface area (Å²) in [6.07, 6.45) is 2.64. The Bertz CT molecular complexity index is 489. The van der Waals surface area contributed by atoms with Crippen LogP contribution >= 0.6 is 0 Å². The van der Waals surface area contributed by atoms with Crippen molar-refractivity contribution in [2.45, 2.75) is 59.0 Å². The van der Waals surface area contributed by atoms with Gasteiger partial charge in [-0.3, -0.25) is 14.4 Å². The molecule has 0 amide bonds. The SMILES string of the molecule is CCCCOC(=O)C(CC)CC(CC(C)C(=O)OCC1CO1)C(=O)OCCO. The van der Waals surface area contributed by atoms with Crippen LogP contribution in [0.2, 0.25) is 0 Å². The Balaban J connectivity index is 2.66. The van der Waals surface area contributed by atoms with Crippen molar-refractivity contribution >= 4 is 17.9 Å². The maximum atomic E-state index is 12.4. The summed E-state index contributed by atoms with van der Waals surface area (Å²) in [5.74, 6) is -2.91. The Kier molecular flexibility index (Phi) is 11.7. The van der Waals surface area contributed by atoms with Gasteiger partial charge in [-0.05, 0) is 25.7 Å². The molecular weight excluding hydrogens is 368 g/mol. The van der Waals surface area contributed by atoms with Gasteiger partial charge in [-0.25, -0.2) is 0 Å². The quantitative estimate of drug-likeness (QED) is 0.191. The van der Waals surface area contributed by atoms with Crippen LogP contribution in [0.1, 0.15) is 52.9 Å². The molecule has 4 atom stereocenters. The minimum Gasteiger partial charge on any atom is -0.465 e. The summed E-state index contributed by atoms with van der Waals surface area (Å²) in [5.41, 5.74) is 0. The average Bonchev–Trinajstić information content (AvgIpc) is 3.51. The van der Waals surface area contributed by atoms with Gasteiger partial charge in [0.05, 0.1) is 37.6 Å². The van der Waals surface area contributed by atoms with Gasteiger partial charge in [0, 0.05) is 0 Å². The molecule has 162 valence electrons. The van der Waals surface area contributed by atoms with Crippen molar-refractivity contribution in [3.8, 4) is 0 Å². The number of esters is 3. The number of rotatable bonds is 15. The van der Waals surface area contributed by atoms with Crippen LogP contribution in [0, 0.1) is 17.8 Å². The van der Waals surface area contributed by atoms with E-state index < -0.39 is 29.7 Å². The first-order chi connectivity index (χ1) is 13.4. The van der Waals surface area contributed by atoms with Gasteiger partial charge in [-0.1, -0.05) is 27.2 Å². The number of carbonyl (C=O) groups is 3. The second-order valence-corrected chi connectivity index (χ2v) is 7.17. The third kappa shape index (κ3) is 9.50. The summed E-state index contributed by atoms with van der Waals surface area (Å²) in [7, 11) is 0. The van der Waals surface area contributed by atoms with Crippen molar-refractivity contribution in [2.24, 2.45) is 17.8 Å². The van der Waals surface area contributed by atoms with Crippen molar-refractivity contribution < 1.29 is 38.4 Å². The maximum Gasteiger partial charge on any atom is 0.309 e. The van der Waals surface area contributed by atoms with Gasteiger partial charge >= 0.3 is 17.9 Å². The fraction of sp³-hybridized carbons (Fsp3) is 0.850. The maximum absolute atomic E-state index is 12.4. The Morgan fingerprint density at radius 1 is 1.00 bits per heavy atom. The second-order valence-electron chi connectivity index (χ2n) is 7.17. The molecule has 8 heteroatoms. The fourth-order valence-corrected chi connectivity index (χ4v) is 2.77. The highest BCUT2D eigenvalue weighted by atomic mass is 16.6. The molecule has 0 aliphatic carbocycles. The van der Waals surface area contributed by atoms with Crippen LogP contribution in [0.5, 0.6) is 0 Å². The van der Waals surface area contributed by atoms with E-state index in [0.717, 1.165) is 12.8 Å². The molecule has 1 saturated heterocycles. The number of epoxide rings is 1. The molecule has 1 N–H and O–H groups in total. The molecule has 1 aliphatic heterocycles. The highest BCUT2D eigenvalue weighted by Crippen LogP contribution is 2.26. The van der Waals surface area contributed by atoms with Crippen LogP contribution in [-0.2, 0) is 33.3 Å². The molecule has 0 bridgehead atoms. The topological polar surface area (TPSA) is 112 Å². The normalized spacial score (nSPS) is 18.6. The third-order valence-electron chi connectivity index (χ3n) is 4.66. The Labute approximate surface area is 166 Å². The van der Waals surface area contributed by atoms with E-state index in [4.69, 9.17) is 24.1 Å². The summed E-state index contributed by atoms with van der Waals surface area (Å²) in [5, 5.41) is 8.89. The van der Waals surface area contributed by atoms with E-state index >= 15 is 0 Å². The first-order valence-corrected chi connectivity index (χ1v) is 10.1. The van der Waals surface area contributed by atoms with Crippen LogP contribution < -0.4 is 0 Å². The molecule has 4 unspecified atom stereocenters. The van der Waals surface area contributed by atoms with Gasteiger partial charge in [0.25, 0.3) is 0 Å². The van der Waals surface area contributed by atoms with Crippen LogP contribution in [0.3, 0.4) is 0 Å². The number of ether oxygens (including phenoxy) is 4. The van der Waals surface area contributed by atoms with Crippen LogP contribution in [0.25, 0.3) is 0 Å². The molecule has 0 saturated carbocycles. The van der Waals surface area contributed by atoms with Crippen molar-refractivity contribution in [2.75, 3.05) is 33.0 Å². The number of hydrogen-bond acceptors (Lipinski definition) is 8. The molecule has 1 fully saturated rings. The lowest BCUT2D eigenvalue weighted by Crippen LogP contribution is -2.30. The first-order valence-electron chi connectivity index (χ1n) is 10.1. The third-order valence-corrected chi connectivity index (χ3v) is 4.66. The molecule has 0 aromatic heterocycles. The zero-order valence-corrected chi connectivity index (χ0v) is 17.2. The lowest BCUT2D eigenvalue weighted by molar-refractivity contribution is -0.155. The van der Waals surface area contributed by atoms with Crippen molar-refractivity contribution in [3.05, 3.63) is 0 Å². The minimum absolute atomic E-state index is 0.0242. The molecular formula is C20H34O8. The molecule has 8 nitrogen and oxygen atoms in total. The van der Waals surface area contributed by atoms with Crippen LogP contribution in [-0.4, -0.2) is 62.2 Å². The van der Waals surface area contributed by atoms with Gasteiger partial charge in [-0.2, -0.15) is 0 Å². The number of hydrogen-bond donors (Lipinski definition) is 1. The Hall–Kier alpha value is -1.67. The number of unbranched alkanes of at least 4 members (excludes halogenated alkanes) is 1. The van der Waals surface area contributed by atoms with Gasteiger partial charge in [0.15, 0.2) is 0 Å². The molecule has 0 aromatic carbocycles. The number of carbonyl (C=O) groups excluding carboxylic acids is 3. The number of aliphatic hydroxyl groups is 1. The zero-order chi connectivity index (χ0) is 20.9. The van der Waals surface area contributed by atoms with Gasteiger partial charge in [-0.15, -0.1) is 0 Å². The predicted octanol–water partition coefficient (Wildman–Crippen LogP) is 1.87. The van der Waals surface area contributed by atoms with E-state index in [1.807, 2.05) is 13.8 Å². The summed E-state index contributed by atoms with van der Waals surface area (Å²) in [6, 6.07) is 0. The highest BCUT2D eigenvalue weighted by molar-refractivity contribution is 5.77. The van der Waals surface area contributed by atoms with E-state index in [0.29, 0.717) is 19.6 Å². The minimum atomic E-state index is -0.657. The Morgan fingerprint density at radius 3 is 2.21 bits per heavy atom. The van der Waals surface area contributed by atoms with Crippen LogP contribution in [0.15, 0.2) is 0 Å². The lowest BCUT2D eigenvalue weighted by atomic mass is 9.86. The van der Waals surface area contributed by atoms with E-state index in [2.05, 4.69) is 0 Å². The molecule has 1 aliphatic rings. The van der Waals surface area contributed by atoms with Crippen molar-refractivity contribution in [1.29, 1.82) is 0 Å². The summed E-state index contributed by atoms with van der Waals surface area (Å²) in [6.45, 7) is 6.31.